The number of ether oxygens (including phenoxy) is 1. The molecular formula is C13H13NOS. The van der Waals surface area contributed by atoms with Gasteiger partial charge in [-0.15, -0.1) is 0 Å². The van der Waals surface area contributed by atoms with Gasteiger partial charge in [0.1, 0.15) is 6.10 Å². The minimum atomic E-state index is 0.363. The van der Waals surface area contributed by atoms with Crippen LogP contribution < -0.4 is 10.1 Å². The van der Waals surface area contributed by atoms with Crippen LogP contribution in [0.2, 0.25) is 0 Å². The highest BCUT2D eigenvalue weighted by Gasteiger charge is 2.18. The molecule has 1 aliphatic heterocycles. The van der Waals surface area contributed by atoms with Crippen molar-refractivity contribution in [3.05, 3.63) is 42.5 Å². The maximum Gasteiger partial charge on any atom is 0.174 e. The Morgan fingerprint density at radius 3 is 2.56 bits per heavy atom. The molecule has 3 heteroatoms. The normalized spacial score (nSPS) is 15.8. The van der Waals surface area contributed by atoms with Gasteiger partial charge in [0.15, 0.2) is 5.06 Å². The highest BCUT2D eigenvalue weighted by molar-refractivity contribution is 7.17. The molecule has 0 amide bonds. The SMILES string of the molecule is c1ccc(-c2ccc(OC3CNC3)s2)cc1. The molecule has 2 heterocycles. The summed E-state index contributed by atoms with van der Waals surface area (Å²) in [6.07, 6.45) is 0.363. The molecule has 1 saturated heterocycles. The lowest BCUT2D eigenvalue weighted by atomic mass is 10.2. The van der Waals surface area contributed by atoms with Crippen molar-refractivity contribution in [2.75, 3.05) is 13.1 Å². The fourth-order valence-corrected chi connectivity index (χ4v) is 2.58. The van der Waals surface area contributed by atoms with Crippen LogP contribution in [0.1, 0.15) is 0 Å². The van der Waals surface area contributed by atoms with Crippen LogP contribution in [0, 0.1) is 0 Å². The molecule has 0 spiro atoms. The average molecular weight is 231 g/mol. The van der Waals surface area contributed by atoms with Crippen LogP contribution in [-0.2, 0) is 0 Å². The zero-order chi connectivity index (χ0) is 10.8. The minimum absolute atomic E-state index is 0.363. The summed E-state index contributed by atoms with van der Waals surface area (Å²) >= 11 is 1.71. The Hall–Kier alpha value is -1.32. The summed E-state index contributed by atoms with van der Waals surface area (Å²) in [6.45, 7) is 1.94. The number of thiophene rings is 1. The van der Waals surface area contributed by atoms with Gasteiger partial charge in [0, 0.05) is 18.0 Å². The Kier molecular flexibility index (Phi) is 2.64. The molecule has 2 nitrogen and oxygen atoms in total. The quantitative estimate of drug-likeness (QED) is 0.877. The van der Waals surface area contributed by atoms with Gasteiger partial charge in [0.05, 0.1) is 0 Å². The van der Waals surface area contributed by atoms with Crippen LogP contribution >= 0.6 is 11.3 Å². The van der Waals surface area contributed by atoms with E-state index in [-0.39, 0.29) is 0 Å². The van der Waals surface area contributed by atoms with Gasteiger partial charge < -0.3 is 10.1 Å². The Morgan fingerprint density at radius 1 is 1.06 bits per heavy atom. The van der Waals surface area contributed by atoms with Crippen LogP contribution in [0.4, 0.5) is 0 Å². The van der Waals surface area contributed by atoms with Crippen LogP contribution in [0.25, 0.3) is 10.4 Å². The summed E-state index contributed by atoms with van der Waals surface area (Å²) in [4.78, 5) is 1.27. The standard InChI is InChI=1S/C13H13NOS/c1-2-4-10(5-3-1)12-6-7-13(16-12)15-11-8-14-9-11/h1-7,11,14H,8-9H2. The number of benzene rings is 1. The number of nitrogens with one attached hydrogen (secondary N) is 1. The smallest absolute Gasteiger partial charge is 0.174 e. The van der Waals surface area contributed by atoms with Crippen molar-refractivity contribution in [2.45, 2.75) is 6.10 Å². The first kappa shape index (κ1) is 9.87. The summed E-state index contributed by atoms with van der Waals surface area (Å²) in [6, 6.07) is 14.6. The van der Waals surface area contributed by atoms with Crippen molar-refractivity contribution in [1.82, 2.24) is 5.32 Å². The molecule has 0 unspecified atom stereocenters. The number of hydrogen-bond acceptors (Lipinski definition) is 3. The lowest BCUT2D eigenvalue weighted by Gasteiger charge is -2.26. The predicted molar refractivity (Wildman–Crippen MR) is 67.0 cm³/mol. The molecule has 16 heavy (non-hydrogen) atoms. The lowest BCUT2D eigenvalue weighted by Crippen LogP contribution is -2.50. The van der Waals surface area contributed by atoms with Gasteiger partial charge in [0.2, 0.25) is 0 Å². The predicted octanol–water partition coefficient (Wildman–Crippen LogP) is 2.77. The maximum absolute atomic E-state index is 5.81. The van der Waals surface area contributed by atoms with Gasteiger partial charge in [-0.2, -0.15) is 0 Å². The van der Waals surface area contributed by atoms with E-state index in [1.165, 1.54) is 10.4 Å². The molecule has 1 aliphatic rings. The van der Waals surface area contributed by atoms with Crippen molar-refractivity contribution in [1.29, 1.82) is 0 Å². The number of rotatable bonds is 3. The van der Waals surface area contributed by atoms with Gasteiger partial charge in [-0.25, -0.2) is 0 Å². The molecule has 82 valence electrons. The third-order valence-corrected chi connectivity index (χ3v) is 3.69. The van der Waals surface area contributed by atoms with Crippen molar-refractivity contribution in [3.63, 3.8) is 0 Å². The highest BCUT2D eigenvalue weighted by Crippen LogP contribution is 2.33. The van der Waals surface area contributed by atoms with Gasteiger partial charge in [-0.3, -0.25) is 0 Å². The van der Waals surface area contributed by atoms with Crippen molar-refractivity contribution >= 4 is 11.3 Å². The fourth-order valence-electron chi connectivity index (χ4n) is 1.65. The fraction of sp³-hybridized carbons (Fsp3) is 0.231. The van der Waals surface area contributed by atoms with Crippen LogP contribution in [0.3, 0.4) is 0 Å². The second-order valence-corrected chi connectivity index (χ2v) is 4.93. The van der Waals surface area contributed by atoms with E-state index in [9.17, 15) is 0 Å². The Morgan fingerprint density at radius 2 is 1.88 bits per heavy atom. The summed E-state index contributed by atoms with van der Waals surface area (Å²) in [7, 11) is 0. The second kappa shape index (κ2) is 4.28. The van der Waals surface area contributed by atoms with E-state index in [0.717, 1.165) is 18.2 Å². The lowest BCUT2D eigenvalue weighted by molar-refractivity contribution is 0.147. The topological polar surface area (TPSA) is 21.3 Å². The van der Waals surface area contributed by atoms with Gasteiger partial charge in [0.25, 0.3) is 0 Å². The minimum Gasteiger partial charge on any atom is -0.478 e. The number of hydrogen-bond donors (Lipinski definition) is 1. The molecule has 2 aromatic rings. The first-order chi connectivity index (χ1) is 7.92. The van der Waals surface area contributed by atoms with Crippen LogP contribution in [0.15, 0.2) is 42.5 Å². The van der Waals surface area contributed by atoms with Crippen LogP contribution in [0.5, 0.6) is 5.06 Å². The van der Waals surface area contributed by atoms with E-state index < -0.39 is 0 Å². The van der Waals surface area contributed by atoms with E-state index >= 15 is 0 Å². The summed E-state index contributed by atoms with van der Waals surface area (Å²) in [5.74, 6) is 0. The van der Waals surface area contributed by atoms with Crippen molar-refractivity contribution in [3.8, 4) is 15.5 Å². The largest absolute Gasteiger partial charge is 0.478 e. The molecule has 0 atom stereocenters. The first-order valence-corrected chi connectivity index (χ1v) is 6.26. The van der Waals surface area contributed by atoms with Crippen molar-refractivity contribution in [2.24, 2.45) is 0 Å². The van der Waals surface area contributed by atoms with E-state index in [0.29, 0.717) is 6.10 Å². The van der Waals surface area contributed by atoms with E-state index in [1.54, 1.807) is 11.3 Å². The first-order valence-electron chi connectivity index (χ1n) is 5.44. The van der Waals surface area contributed by atoms with E-state index in [2.05, 4.69) is 41.7 Å². The van der Waals surface area contributed by atoms with Crippen LogP contribution in [-0.4, -0.2) is 19.2 Å². The third kappa shape index (κ3) is 1.96. The molecule has 1 aromatic carbocycles. The van der Waals surface area contributed by atoms with E-state index in [1.807, 2.05) is 6.07 Å². The van der Waals surface area contributed by atoms with Gasteiger partial charge in [-0.05, 0) is 17.7 Å². The molecule has 3 rings (SSSR count). The zero-order valence-corrected chi connectivity index (χ0v) is 9.67. The molecule has 1 aromatic heterocycles. The highest BCUT2D eigenvalue weighted by atomic mass is 32.1. The molecule has 1 N–H and O–H groups in total. The maximum atomic E-state index is 5.81. The van der Waals surface area contributed by atoms with E-state index in [4.69, 9.17) is 4.74 Å². The Labute approximate surface area is 98.9 Å². The molecule has 0 radical (unpaired) electrons. The van der Waals surface area contributed by atoms with Gasteiger partial charge in [-0.1, -0.05) is 41.7 Å². The molecule has 0 saturated carbocycles. The Bertz CT molecular complexity index is 462. The average Bonchev–Trinajstić information content (AvgIpc) is 2.73. The van der Waals surface area contributed by atoms with Gasteiger partial charge >= 0.3 is 0 Å². The molecule has 0 aliphatic carbocycles. The molecule has 1 fully saturated rings. The molecular weight excluding hydrogens is 218 g/mol. The summed E-state index contributed by atoms with van der Waals surface area (Å²) in [5.41, 5.74) is 1.26. The molecule has 0 bridgehead atoms. The van der Waals surface area contributed by atoms with Crippen molar-refractivity contribution < 1.29 is 4.74 Å². The Balaban J connectivity index is 1.77. The summed E-state index contributed by atoms with van der Waals surface area (Å²) < 4.78 is 5.81. The zero-order valence-electron chi connectivity index (χ0n) is 8.85. The summed E-state index contributed by atoms with van der Waals surface area (Å²) in [5, 5.41) is 4.22. The monoisotopic (exact) mass is 231 g/mol. The second-order valence-electron chi connectivity index (χ2n) is 3.88. The third-order valence-electron chi connectivity index (χ3n) is 2.67.